The molecular weight excluding hydrogens is 206 g/mol. The highest BCUT2D eigenvalue weighted by atomic mass is 16.5. The molecule has 0 amide bonds. The molecule has 0 aromatic heterocycles. The number of carboxylic acid groups (broad SMARTS) is 1. The lowest BCUT2D eigenvalue weighted by Crippen LogP contribution is -2.52. The van der Waals surface area contributed by atoms with Crippen LogP contribution in [0.3, 0.4) is 0 Å². The topological polar surface area (TPSA) is 49.8 Å². The quantitative estimate of drug-likeness (QED) is 0.770. The van der Waals surface area contributed by atoms with Crippen molar-refractivity contribution in [1.82, 2.24) is 4.90 Å². The van der Waals surface area contributed by atoms with Gasteiger partial charge in [0.05, 0.1) is 19.6 Å². The van der Waals surface area contributed by atoms with Crippen LogP contribution in [0.2, 0.25) is 0 Å². The SMILES string of the molecule is CCC(C1CC1)N1CCOCC1CC(=O)O. The number of carbonyl (C=O) groups is 1. The van der Waals surface area contributed by atoms with Crippen molar-refractivity contribution in [3.05, 3.63) is 0 Å². The van der Waals surface area contributed by atoms with Gasteiger partial charge in [0, 0.05) is 18.6 Å². The number of morpholine rings is 1. The minimum atomic E-state index is -0.717. The van der Waals surface area contributed by atoms with E-state index in [-0.39, 0.29) is 12.5 Å². The molecule has 4 nitrogen and oxygen atoms in total. The molecule has 1 saturated heterocycles. The molecule has 16 heavy (non-hydrogen) atoms. The predicted octanol–water partition coefficient (Wildman–Crippen LogP) is 1.35. The van der Waals surface area contributed by atoms with Crippen LogP contribution in [0.4, 0.5) is 0 Å². The van der Waals surface area contributed by atoms with E-state index in [2.05, 4.69) is 11.8 Å². The van der Waals surface area contributed by atoms with Crippen molar-refractivity contribution in [2.45, 2.75) is 44.7 Å². The van der Waals surface area contributed by atoms with E-state index >= 15 is 0 Å². The number of carboxylic acids is 1. The van der Waals surface area contributed by atoms with Gasteiger partial charge in [-0.05, 0) is 25.2 Å². The van der Waals surface area contributed by atoms with E-state index < -0.39 is 5.97 Å². The van der Waals surface area contributed by atoms with E-state index in [0.717, 1.165) is 25.5 Å². The Morgan fingerprint density at radius 3 is 2.88 bits per heavy atom. The standard InChI is InChI=1S/C12H21NO3/c1-2-11(9-3-4-9)13-5-6-16-8-10(13)7-12(14)15/h9-11H,2-8H2,1H3,(H,14,15). The zero-order chi connectivity index (χ0) is 11.5. The van der Waals surface area contributed by atoms with Gasteiger partial charge >= 0.3 is 5.97 Å². The third kappa shape index (κ3) is 2.74. The Labute approximate surface area is 96.6 Å². The first-order valence-corrected chi connectivity index (χ1v) is 6.27. The molecule has 1 N–H and O–H groups in total. The summed E-state index contributed by atoms with van der Waals surface area (Å²) in [5.74, 6) is 0.0885. The predicted molar refractivity (Wildman–Crippen MR) is 60.4 cm³/mol. The van der Waals surface area contributed by atoms with Gasteiger partial charge in [-0.25, -0.2) is 0 Å². The second kappa shape index (κ2) is 5.15. The molecular formula is C12H21NO3. The van der Waals surface area contributed by atoms with Crippen LogP contribution in [0.25, 0.3) is 0 Å². The van der Waals surface area contributed by atoms with Crippen LogP contribution in [-0.4, -0.2) is 47.8 Å². The number of hydrogen-bond donors (Lipinski definition) is 1. The van der Waals surface area contributed by atoms with Gasteiger partial charge in [-0.2, -0.15) is 0 Å². The number of ether oxygens (including phenoxy) is 1. The van der Waals surface area contributed by atoms with E-state index in [9.17, 15) is 4.79 Å². The van der Waals surface area contributed by atoms with E-state index in [1.807, 2.05) is 0 Å². The molecule has 2 rings (SSSR count). The minimum absolute atomic E-state index is 0.0804. The summed E-state index contributed by atoms with van der Waals surface area (Å²) in [6, 6.07) is 0.657. The monoisotopic (exact) mass is 227 g/mol. The van der Waals surface area contributed by atoms with Gasteiger partial charge in [-0.3, -0.25) is 9.69 Å². The van der Waals surface area contributed by atoms with E-state index in [4.69, 9.17) is 9.84 Å². The lowest BCUT2D eigenvalue weighted by atomic mass is 10.0. The molecule has 0 bridgehead atoms. The third-order valence-electron chi connectivity index (χ3n) is 3.69. The zero-order valence-electron chi connectivity index (χ0n) is 9.89. The van der Waals surface area contributed by atoms with Crippen LogP contribution in [-0.2, 0) is 9.53 Å². The normalized spacial score (nSPS) is 28.9. The number of rotatable bonds is 5. The second-order valence-corrected chi connectivity index (χ2v) is 4.88. The van der Waals surface area contributed by atoms with Crippen LogP contribution in [0.5, 0.6) is 0 Å². The maximum absolute atomic E-state index is 10.8. The lowest BCUT2D eigenvalue weighted by molar-refractivity contribution is -0.141. The van der Waals surface area contributed by atoms with Crippen molar-refractivity contribution in [3.8, 4) is 0 Å². The zero-order valence-corrected chi connectivity index (χ0v) is 9.89. The van der Waals surface area contributed by atoms with Crippen LogP contribution in [0.15, 0.2) is 0 Å². The van der Waals surface area contributed by atoms with Gasteiger partial charge in [-0.1, -0.05) is 6.92 Å². The Balaban J connectivity index is 1.99. The molecule has 0 aromatic rings. The van der Waals surface area contributed by atoms with Gasteiger partial charge in [0.25, 0.3) is 0 Å². The fourth-order valence-corrected chi connectivity index (χ4v) is 2.80. The summed E-state index contributed by atoms with van der Waals surface area (Å²) in [7, 11) is 0. The van der Waals surface area contributed by atoms with Crippen LogP contribution >= 0.6 is 0 Å². The molecule has 2 aliphatic rings. The highest BCUT2D eigenvalue weighted by Gasteiger charge is 2.38. The van der Waals surface area contributed by atoms with Gasteiger partial charge in [0.15, 0.2) is 0 Å². The molecule has 2 atom stereocenters. The average Bonchev–Trinajstić information content (AvgIpc) is 3.05. The second-order valence-electron chi connectivity index (χ2n) is 4.88. The van der Waals surface area contributed by atoms with E-state index in [0.29, 0.717) is 12.6 Å². The molecule has 0 aromatic carbocycles. The van der Waals surface area contributed by atoms with Crippen LogP contribution in [0.1, 0.15) is 32.6 Å². The summed E-state index contributed by atoms with van der Waals surface area (Å²) in [6.07, 6.45) is 3.97. The highest BCUT2D eigenvalue weighted by molar-refractivity contribution is 5.67. The molecule has 1 aliphatic carbocycles. The average molecular weight is 227 g/mol. The van der Waals surface area contributed by atoms with Gasteiger partial charge in [0.1, 0.15) is 0 Å². The molecule has 1 saturated carbocycles. The molecule has 2 unspecified atom stereocenters. The Hall–Kier alpha value is -0.610. The Kier molecular flexibility index (Phi) is 3.82. The van der Waals surface area contributed by atoms with Crippen molar-refractivity contribution in [2.75, 3.05) is 19.8 Å². The third-order valence-corrected chi connectivity index (χ3v) is 3.69. The fraction of sp³-hybridized carbons (Fsp3) is 0.917. The number of aliphatic carboxylic acids is 1. The first kappa shape index (κ1) is 11.9. The van der Waals surface area contributed by atoms with Gasteiger partial charge in [-0.15, -0.1) is 0 Å². The Morgan fingerprint density at radius 1 is 1.56 bits per heavy atom. The van der Waals surface area contributed by atoms with Crippen molar-refractivity contribution < 1.29 is 14.6 Å². The van der Waals surface area contributed by atoms with Crippen molar-refractivity contribution in [2.24, 2.45) is 5.92 Å². The van der Waals surface area contributed by atoms with E-state index in [1.54, 1.807) is 0 Å². The largest absolute Gasteiger partial charge is 0.481 e. The molecule has 2 fully saturated rings. The summed E-state index contributed by atoms with van der Waals surface area (Å²) in [5.41, 5.74) is 0. The molecule has 0 radical (unpaired) electrons. The van der Waals surface area contributed by atoms with Crippen LogP contribution in [0, 0.1) is 5.92 Å². The minimum Gasteiger partial charge on any atom is -0.481 e. The lowest BCUT2D eigenvalue weighted by Gasteiger charge is -2.40. The summed E-state index contributed by atoms with van der Waals surface area (Å²) in [4.78, 5) is 13.2. The smallest absolute Gasteiger partial charge is 0.305 e. The maximum Gasteiger partial charge on any atom is 0.305 e. The molecule has 0 spiro atoms. The Bertz CT molecular complexity index is 253. The van der Waals surface area contributed by atoms with Crippen molar-refractivity contribution in [1.29, 1.82) is 0 Å². The van der Waals surface area contributed by atoms with E-state index in [1.165, 1.54) is 12.8 Å². The summed E-state index contributed by atoms with van der Waals surface area (Å²) in [6.45, 7) is 4.43. The summed E-state index contributed by atoms with van der Waals surface area (Å²) in [5, 5.41) is 8.91. The van der Waals surface area contributed by atoms with Gasteiger partial charge in [0.2, 0.25) is 0 Å². The highest BCUT2D eigenvalue weighted by Crippen LogP contribution is 2.38. The molecule has 1 heterocycles. The van der Waals surface area contributed by atoms with Crippen molar-refractivity contribution in [3.63, 3.8) is 0 Å². The van der Waals surface area contributed by atoms with Gasteiger partial charge < -0.3 is 9.84 Å². The molecule has 4 heteroatoms. The summed E-state index contributed by atoms with van der Waals surface area (Å²) >= 11 is 0. The number of hydrogen-bond acceptors (Lipinski definition) is 3. The Morgan fingerprint density at radius 2 is 2.31 bits per heavy atom. The maximum atomic E-state index is 10.8. The summed E-state index contributed by atoms with van der Waals surface area (Å²) < 4.78 is 5.40. The first-order chi connectivity index (χ1) is 7.72. The first-order valence-electron chi connectivity index (χ1n) is 6.27. The molecule has 1 aliphatic heterocycles. The van der Waals surface area contributed by atoms with Crippen LogP contribution < -0.4 is 0 Å². The fourth-order valence-electron chi connectivity index (χ4n) is 2.80. The molecule has 92 valence electrons. The van der Waals surface area contributed by atoms with Crippen molar-refractivity contribution >= 4 is 5.97 Å². The number of nitrogens with zero attached hydrogens (tertiary/aromatic N) is 1.